The van der Waals surface area contributed by atoms with E-state index in [1.165, 1.54) is 4.90 Å². The molecule has 1 aromatic heterocycles. The van der Waals surface area contributed by atoms with Gasteiger partial charge in [0.25, 0.3) is 5.88 Å². The number of nitrogens with one attached hydrogen (secondary N) is 1. The molecule has 1 atom stereocenters. The number of pyridine rings is 1. The van der Waals surface area contributed by atoms with Crippen molar-refractivity contribution in [2.45, 2.75) is 69.8 Å². The summed E-state index contributed by atoms with van der Waals surface area (Å²) in [5, 5.41) is 2.43. The minimum atomic E-state index is -6.40. The van der Waals surface area contributed by atoms with E-state index in [1.54, 1.807) is 20.8 Å². The minimum absolute atomic E-state index is 0.166. The molecule has 1 aromatic rings. The van der Waals surface area contributed by atoms with Crippen molar-refractivity contribution in [1.29, 1.82) is 0 Å². The second kappa shape index (κ2) is 10.7. The number of alkyl halides is 7. The molecule has 8 nitrogen and oxygen atoms in total. The average molecular weight is 551 g/mol. The summed E-state index contributed by atoms with van der Waals surface area (Å²) in [4.78, 5) is 29.6. The molecule has 16 heteroatoms. The summed E-state index contributed by atoms with van der Waals surface area (Å²) in [5.41, 5.74) is -6.75. The number of methoxy groups -OCH3 is 1. The molecule has 1 N–H and O–H groups in total. The van der Waals surface area contributed by atoms with E-state index in [9.17, 15) is 44.7 Å². The zero-order valence-electron chi connectivity index (χ0n) is 20.1. The van der Waals surface area contributed by atoms with E-state index < -0.39 is 72.4 Å². The van der Waals surface area contributed by atoms with Crippen molar-refractivity contribution in [1.82, 2.24) is 15.2 Å². The van der Waals surface area contributed by atoms with Crippen molar-refractivity contribution in [2.24, 2.45) is 0 Å². The SMILES string of the molecule is COc1nc(OCC(F)(C(F)(F)F)C(F)(F)F)c(F)cc1CNC(=O)C1CCCN1C(=O)OC(C)(C)C. The molecular weight excluding hydrogens is 526 g/mol. The Morgan fingerprint density at radius 3 is 2.19 bits per heavy atom. The Balaban J connectivity index is 2.14. The predicted octanol–water partition coefficient (Wildman–Crippen LogP) is 4.46. The smallest absolute Gasteiger partial charge is 0.435 e. The topological polar surface area (TPSA) is 90.0 Å². The third kappa shape index (κ3) is 7.03. The normalized spacial score (nSPS) is 17.0. The maximum absolute atomic E-state index is 14.4. The molecule has 0 saturated carbocycles. The molecular formula is C21H25F8N3O5. The van der Waals surface area contributed by atoms with Gasteiger partial charge in [-0.15, -0.1) is 0 Å². The molecule has 210 valence electrons. The second-order valence-corrected chi connectivity index (χ2v) is 9.08. The number of halogens is 8. The lowest BCUT2D eigenvalue weighted by Gasteiger charge is -2.29. The summed E-state index contributed by atoms with van der Waals surface area (Å²) < 4.78 is 119. The highest BCUT2D eigenvalue weighted by Crippen LogP contribution is 2.46. The van der Waals surface area contributed by atoms with Gasteiger partial charge >= 0.3 is 24.1 Å². The third-order valence-corrected chi connectivity index (χ3v) is 5.12. The number of amides is 2. The van der Waals surface area contributed by atoms with Crippen LogP contribution in [0, 0.1) is 5.82 Å². The molecule has 2 amide bonds. The molecule has 2 rings (SSSR count). The van der Waals surface area contributed by atoms with Crippen LogP contribution in [0.4, 0.5) is 39.9 Å². The summed E-state index contributed by atoms with van der Waals surface area (Å²) in [6, 6.07) is -0.313. The molecule has 0 aromatic carbocycles. The lowest BCUT2D eigenvalue weighted by Crippen LogP contribution is -2.57. The quantitative estimate of drug-likeness (QED) is 0.504. The Morgan fingerprint density at radius 1 is 1.08 bits per heavy atom. The molecule has 1 aliphatic rings. The van der Waals surface area contributed by atoms with Crippen LogP contribution in [-0.2, 0) is 16.1 Å². The van der Waals surface area contributed by atoms with Gasteiger partial charge in [-0.05, 0) is 39.7 Å². The van der Waals surface area contributed by atoms with Crippen LogP contribution in [0.2, 0.25) is 0 Å². The fourth-order valence-corrected chi connectivity index (χ4v) is 3.27. The van der Waals surface area contributed by atoms with E-state index in [-0.39, 0.29) is 12.1 Å². The summed E-state index contributed by atoms with van der Waals surface area (Å²) in [6.07, 6.45) is -12.7. The first kappa shape index (κ1) is 30.2. The van der Waals surface area contributed by atoms with Gasteiger partial charge in [-0.2, -0.15) is 31.3 Å². The molecule has 0 bridgehead atoms. The lowest BCUT2D eigenvalue weighted by molar-refractivity contribution is -0.347. The molecule has 0 aliphatic carbocycles. The average Bonchev–Trinajstić information content (AvgIpc) is 3.24. The molecule has 37 heavy (non-hydrogen) atoms. The molecule has 2 heterocycles. The van der Waals surface area contributed by atoms with Gasteiger partial charge in [0, 0.05) is 18.7 Å². The first-order valence-corrected chi connectivity index (χ1v) is 10.8. The van der Waals surface area contributed by atoms with Crippen LogP contribution >= 0.6 is 0 Å². The summed E-state index contributed by atoms with van der Waals surface area (Å²) in [6.45, 7) is 2.12. The summed E-state index contributed by atoms with van der Waals surface area (Å²) in [5.74, 6) is -4.07. The highest BCUT2D eigenvalue weighted by molar-refractivity contribution is 5.86. The first-order valence-electron chi connectivity index (χ1n) is 10.8. The fourth-order valence-electron chi connectivity index (χ4n) is 3.27. The van der Waals surface area contributed by atoms with E-state index in [2.05, 4.69) is 15.0 Å². The van der Waals surface area contributed by atoms with Crippen LogP contribution in [0.3, 0.4) is 0 Å². The van der Waals surface area contributed by atoms with Crippen molar-refractivity contribution < 1.29 is 58.9 Å². The van der Waals surface area contributed by atoms with Crippen molar-refractivity contribution in [2.75, 3.05) is 20.3 Å². The highest BCUT2D eigenvalue weighted by Gasteiger charge is 2.73. The Kier molecular flexibility index (Phi) is 8.75. The zero-order valence-corrected chi connectivity index (χ0v) is 20.1. The van der Waals surface area contributed by atoms with Gasteiger partial charge in [-0.25, -0.2) is 13.6 Å². The maximum Gasteiger partial charge on any atom is 0.435 e. The zero-order chi connectivity index (χ0) is 28.4. The van der Waals surface area contributed by atoms with Crippen molar-refractivity contribution >= 4 is 12.0 Å². The Morgan fingerprint density at radius 2 is 1.68 bits per heavy atom. The summed E-state index contributed by atoms with van der Waals surface area (Å²) >= 11 is 0. The molecule has 0 spiro atoms. The molecule has 1 saturated heterocycles. The summed E-state index contributed by atoms with van der Waals surface area (Å²) in [7, 11) is 1.00. The van der Waals surface area contributed by atoms with Gasteiger partial charge in [0.2, 0.25) is 11.8 Å². The number of ether oxygens (including phenoxy) is 3. The van der Waals surface area contributed by atoms with Crippen LogP contribution in [0.5, 0.6) is 11.8 Å². The van der Waals surface area contributed by atoms with Gasteiger partial charge < -0.3 is 19.5 Å². The van der Waals surface area contributed by atoms with Crippen LogP contribution in [0.25, 0.3) is 0 Å². The van der Waals surface area contributed by atoms with Crippen molar-refractivity contribution in [3.05, 3.63) is 17.4 Å². The number of carbonyl (C=O) groups excluding carboxylic acids is 2. The minimum Gasteiger partial charge on any atom is -0.481 e. The Labute approximate surface area is 206 Å². The number of likely N-dealkylation sites (tertiary alicyclic amines) is 1. The number of nitrogens with zero attached hydrogens (tertiary/aromatic N) is 2. The maximum atomic E-state index is 14.4. The van der Waals surface area contributed by atoms with Gasteiger partial charge in [-0.3, -0.25) is 9.69 Å². The van der Waals surface area contributed by atoms with Crippen molar-refractivity contribution in [3.63, 3.8) is 0 Å². The van der Waals surface area contributed by atoms with Gasteiger partial charge in [0.1, 0.15) is 18.2 Å². The van der Waals surface area contributed by atoms with Crippen LogP contribution < -0.4 is 14.8 Å². The number of carbonyl (C=O) groups is 2. The number of rotatable bonds is 7. The van der Waals surface area contributed by atoms with Crippen molar-refractivity contribution in [3.8, 4) is 11.8 Å². The standard InChI is InChI=1S/C21H25F8N3O5/c1-18(2,3)37-17(34)32-7-5-6-13(32)14(33)30-9-11-8-12(22)16(31-15(11)35-4)36-10-19(23,20(24,25)26)21(27,28)29/h8,13H,5-7,9-10H2,1-4H3,(H,30,33). The molecule has 1 unspecified atom stereocenters. The fraction of sp³-hybridized carbons (Fsp3) is 0.667. The van der Waals surface area contributed by atoms with Gasteiger partial charge in [-0.1, -0.05) is 0 Å². The number of hydrogen-bond donors (Lipinski definition) is 1. The predicted molar refractivity (Wildman–Crippen MR) is 110 cm³/mol. The third-order valence-electron chi connectivity index (χ3n) is 5.12. The number of hydrogen-bond acceptors (Lipinski definition) is 6. The monoisotopic (exact) mass is 551 g/mol. The molecule has 1 aliphatic heterocycles. The Bertz CT molecular complexity index is 980. The first-order chi connectivity index (χ1) is 16.8. The second-order valence-electron chi connectivity index (χ2n) is 9.08. The molecule has 1 fully saturated rings. The van der Waals surface area contributed by atoms with Crippen LogP contribution in [-0.4, -0.2) is 71.8 Å². The Hall–Kier alpha value is -3.07. The van der Waals surface area contributed by atoms with E-state index in [1.807, 2.05) is 0 Å². The van der Waals surface area contributed by atoms with E-state index in [0.29, 0.717) is 18.9 Å². The largest absolute Gasteiger partial charge is 0.481 e. The lowest BCUT2D eigenvalue weighted by atomic mass is 10.1. The van der Waals surface area contributed by atoms with Gasteiger partial charge in [0.15, 0.2) is 5.82 Å². The van der Waals surface area contributed by atoms with E-state index in [0.717, 1.165) is 7.11 Å². The van der Waals surface area contributed by atoms with Gasteiger partial charge in [0.05, 0.1) is 7.11 Å². The van der Waals surface area contributed by atoms with Crippen LogP contribution in [0.15, 0.2) is 6.07 Å². The number of aromatic nitrogens is 1. The van der Waals surface area contributed by atoms with E-state index >= 15 is 0 Å². The molecule has 0 radical (unpaired) electrons. The van der Waals surface area contributed by atoms with E-state index in [4.69, 9.17) is 9.47 Å². The highest BCUT2D eigenvalue weighted by atomic mass is 19.4. The van der Waals surface area contributed by atoms with Crippen LogP contribution in [0.1, 0.15) is 39.2 Å².